The van der Waals surface area contributed by atoms with Gasteiger partial charge < -0.3 is 5.11 Å². The molecule has 0 amide bonds. The third-order valence-corrected chi connectivity index (χ3v) is 4.62. The number of carboxylic acid groups (broad SMARTS) is 1. The van der Waals surface area contributed by atoms with Gasteiger partial charge in [-0.3, -0.25) is 11.3 Å². The Kier molecular flexibility index (Phi) is 7.72. The van der Waals surface area contributed by atoms with E-state index in [1.54, 1.807) is 23.5 Å². The molecule has 1 aliphatic rings. The monoisotopic (exact) mass is 452 g/mol. The molecule has 2 aromatic rings. The van der Waals surface area contributed by atoms with Gasteiger partial charge in [-0.05, 0) is 19.1 Å². The largest absolute Gasteiger partial charge is 1.00 e. The van der Waals surface area contributed by atoms with Crippen molar-refractivity contribution in [3.63, 3.8) is 0 Å². The number of thiophene rings is 1. The first-order valence-electron chi connectivity index (χ1n) is 7.25. The van der Waals surface area contributed by atoms with Crippen molar-refractivity contribution in [2.75, 3.05) is 0 Å². The van der Waals surface area contributed by atoms with Crippen molar-refractivity contribution in [2.24, 2.45) is 0 Å². The Balaban J connectivity index is 0.000000284. The van der Waals surface area contributed by atoms with E-state index in [1.165, 1.54) is 0 Å². The number of hydrogen-bond acceptors (Lipinski definition) is 2. The molecule has 0 radical (unpaired) electrons. The van der Waals surface area contributed by atoms with E-state index in [0.29, 0.717) is 5.56 Å². The van der Waals surface area contributed by atoms with Crippen LogP contribution in [0.4, 0.5) is 35.1 Å². The molecule has 0 atom stereocenters. The van der Waals surface area contributed by atoms with Crippen LogP contribution in [-0.2, 0) is 0 Å². The number of rotatable bonds is 2. The van der Waals surface area contributed by atoms with Gasteiger partial charge in [0.1, 0.15) is 0 Å². The Morgan fingerprint density at radius 2 is 1.41 bits per heavy atom. The molecule has 152 valence electrons. The van der Waals surface area contributed by atoms with Gasteiger partial charge in [-0.25, -0.2) is 25.7 Å². The molecule has 1 aromatic carbocycles. The molecule has 2 nitrogen and oxygen atoms in total. The SMILES string of the molecule is Cc1[c-]cc(-c2ccc(C(=O)O)cc2)s1.FC1=C(F)C(F)(F)C(F)(F)C1(F)F.[Na+]. The van der Waals surface area contributed by atoms with Crippen LogP contribution in [0, 0.1) is 13.0 Å². The Morgan fingerprint density at radius 3 is 1.69 bits per heavy atom. The summed E-state index contributed by atoms with van der Waals surface area (Å²) in [6.07, 6.45) is 0. The van der Waals surface area contributed by atoms with E-state index < -0.39 is 35.4 Å². The van der Waals surface area contributed by atoms with Crippen LogP contribution in [0.5, 0.6) is 0 Å². The zero-order valence-electron chi connectivity index (χ0n) is 14.7. The van der Waals surface area contributed by atoms with Crippen molar-refractivity contribution >= 4 is 17.3 Å². The molecular weight excluding hydrogens is 443 g/mol. The summed E-state index contributed by atoms with van der Waals surface area (Å²) in [6.45, 7) is 2.00. The van der Waals surface area contributed by atoms with Gasteiger partial charge in [-0.15, -0.1) is 9.75 Å². The smallest absolute Gasteiger partial charge is 0.478 e. The number of aromatic carboxylic acids is 1. The number of aryl methyl sites for hydroxylation is 1. The number of benzene rings is 1. The first-order chi connectivity index (χ1) is 12.7. The second-order valence-electron chi connectivity index (χ2n) is 5.54. The molecule has 1 aromatic heterocycles. The average Bonchev–Trinajstić information content (AvgIpc) is 3.09. The molecule has 1 N–H and O–H groups in total. The fourth-order valence-corrected chi connectivity index (χ4v) is 2.88. The van der Waals surface area contributed by atoms with Crippen LogP contribution in [-0.4, -0.2) is 28.8 Å². The molecule has 0 fully saturated rings. The topological polar surface area (TPSA) is 37.3 Å². The van der Waals surface area contributed by atoms with E-state index in [0.717, 1.165) is 15.3 Å². The van der Waals surface area contributed by atoms with Crippen molar-refractivity contribution in [1.82, 2.24) is 0 Å². The number of carboxylic acids is 1. The summed E-state index contributed by atoms with van der Waals surface area (Å²) >= 11 is 1.65. The first-order valence-corrected chi connectivity index (χ1v) is 8.06. The van der Waals surface area contributed by atoms with E-state index in [1.807, 2.05) is 25.1 Å². The maximum absolute atomic E-state index is 12.0. The molecule has 3 rings (SSSR count). The van der Waals surface area contributed by atoms with E-state index >= 15 is 0 Å². The van der Waals surface area contributed by atoms with Gasteiger partial charge in [0, 0.05) is 0 Å². The third-order valence-electron chi connectivity index (χ3n) is 3.62. The minimum Gasteiger partial charge on any atom is -0.478 e. The van der Waals surface area contributed by atoms with Crippen LogP contribution in [0.15, 0.2) is 42.0 Å². The number of hydrogen-bond donors (Lipinski definition) is 1. The predicted molar refractivity (Wildman–Crippen MR) is 84.4 cm³/mol. The van der Waals surface area contributed by atoms with Gasteiger partial charge >= 0.3 is 53.3 Å². The van der Waals surface area contributed by atoms with Gasteiger partial charge in [0.25, 0.3) is 0 Å². The zero-order valence-corrected chi connectivity index (χ0v) is 17.5. The van der Waals surface area contributed by atoms with Crippen LogP contribution in [0.2, 0.25) is 0 Å². The Bertz CT molecular complexity index is 896. The number of carbonyl (C=O) groups is 1. The summed E-state index contributed by atoms with van der Waals surface area (Å²) in [5, 5.41) is 8.75. The van der Waals surface area contributed by atoms with Gasteiger partial charge in [-0.2, -0.15) is 26.3 Å². The van der Waals surface area contributed by atoms with Crippen molar-refractivity contribution in [3.05, 3.63) is 58.5 Å². The molecule has 0 unspecified atom stereocenters. The molecule has 1 heterocycles. The van der Waals surface area contributed by atoms with Crippen molar-refractivity contribution in [2.45, 2.75) is 24.7 Å². The van der Waals surface area contributed by atoms with Gasteiger partial charge in [0.15, 0.2) is 0 Å². The molecule has 0 bridgehead atoms. The number of allylic oxidation sites excluding steroid dienone is 2. The second-order valence-corrected chi connectivity index (χ2v) is 6.80. The van der Waals surface area contributed by atoms with E-state index in [4.69, 9.17) is 5.11 Å². The van der Waals surface area contributed by atoms with Crippen molar-refractivity contribution < 1.29 is 74.6 Å². The van der Waals surface area contributed by atoms with Crippen molar-refractivity contribution in [1.29, 1.82) is 0 Å². The second kappa shape index (κ2) is 8.75. The normalized spacial score (nSPS) is 18.5. The molecule has 29 heavy (non-hydrogen) atoms. The fraction of sp³-hybridized carbons (Fsp3) is 0.235. The minimum absolute atomic E-state index is 0. The fourth-order valence-electron chi connectivity index (χ4n) is 2.06. The molecule has 0 saturated heterocycles. The Hall–Kier alpha value is -1.43. The minimum atomic E-state index is -6.06. The summed E-state index contributed by atoms with van der Waals surface area (Å²) < 4.78 is 95.6. The Morgan fingerprint density at radius 1 is 0.966 bits per heavy atom. The predicted octanol–water partition coefficient (Wildman–Crippen LogP) is 3.28. The Labute approximate surface area is 185 Å². The average molecular weight is 452 g/mol. The van der Waals surface area contributed by atoms with E-state index in [-0.39, 0.29) is 29.6 Å². The maximum Gasteiger partial charge on any atom is 1.00 e. The summed E-state index contributed by atoms with van der Waals surface area (Å²) in [4.78, 5) is 12.9. The van der Waals surface area contributed by atoms with Crippen LogP contribution < -0.4 is 29.6 Å². The molecule has 1 aliphatic carbocycles. The summed E-state index contributed by atoms with van der Waals surface area (Å²) in [7, 11) is 0. The van der Waals surface area contributed by atoms with E-state index in [9.17, 15) is 39.9 Å². The van der Waals surface area contributed by atoms with Crippen LogP contribution >= 0.6 is 11.3 Å². The van der Waals surface area contributed by atoms with Crippen molar-refractivity contribution in [3.8, 4) is 10.4 Å². The first kappa shape index (κ1) is 25.6. The third kappa shape index (κ3) is 4.52. The van der Waals surface area contributed by atoms with Crippen LogP contribution in [0.3, 0.4) is 0 Å². The molecule has 0 aliphatic heterocycles. The van der Waals surface area contributed by atoms with Gasteiger partial charge in [0.2, 0.25) is 11.7 Å². The van der Waals surface area contributed by atoms with Gasteiger partial charge in [0.05, 0.1) is 5.56 Å². The molecule has 12 heteroatoms. The van der Waals surface area contributed by atoms with Crippen LogP contribution in [0.1, 0.15) is 15.2 Å². The quantitative estimate of drug-likeness (QED) is 0.432. The standard InChI is InChI=1S/C12H9O2S.C5F8.Na/c1-8-2-7-11(15-8)9-3-5-10(6-4-9)12(13)14;6-1-2(7)4(10,11)5(12,13)3(1,8)9;/h3-7H,1H3,(H,13,14);;/q-1;;+1. The molecule has 0 saturated carbocycles. The summed E-state index contributed by atoms with van der Waals surface area (Å²) in [5.41, 5.74) is 1.35. The number of alkyl halides is 6. The van der Waals surface area contributed by atoms with Gasteiger partial charge in [-0.1, -0.05) is 17.7 Å². The zero-order chi connectivity index (χ0) is 21.5. The van der Waals surface area contributed by atoms with E-state index in [2.05, 4.69) is 6.07 Å². The van der Waals surface area contributed by atoms with Crippen LogP contribution in [0.25, 0.3) is 10.4 Å². The number of halogens is 8. The summed E-state index contributed by atoms with van der Waals surface area (Å²) in [5.74, 6) is -25.4. The summed E-state index contributed by atoms with van der Waals surface area (Å²) in [6, 6.07) is 11.9. The molecular formula is C17H9F8NaO2S. The maximum atomic E-state index is 12.0. The molecule has 0 spiro atoms.